The van der Waals surface area contributed by atoms with Crippen molar-refractivity contribution in [1.82, 2.24) is 0 Å². The van der Waals surface area contributed by atoms with Gasteiger partial charge in [0.15, 0.2) is 11.6 Å². The number of carbonyl (C=O) groups excluding carboxylic acids is 2. The molecule has 2 aliphatic rings. The van der Waals surface area contributed by atoms with Gasteiger partial charge in [-0.25, -0.2) is 0 Å². The minimum absolute atomic E-state index is 0.147. The number of Topliss-reactive ketones (excluding diaryl/α,β-unsaturated/α-hetero) is 2. The Kier molecular flexibility index (Phi) is 6.22. The summed E-state index contributed by atoms with van der Waals surface area (Å²) >= 11 is 0. The normalized spacial score (nSPS) is 35.5. The van der Waals surface area contributed by atoms with Crippen LogP contribution in [0.3, 0.4) is 0 Å². The maximum absolute atomic E-state index is 12.8. The molecule has 0 aromatic rings. The Morgan fingerprint density at radius 3 is 1.33 bits per heavy atom. The number of allylic oxidation sites excluding steroid dienone is 4. The molecule has 0 spiro atoms. The van der Waals surface area contributed by atoms with Crippen LogP contribution in [0, 0.1) is 35.5 Å². The van der Waals surface area contributed by atoms with Crippen LogP contribution in [-0.2, 0) is 9.59 Å². The fraction of sp³-hybridized carbons (Fsp3) is 0.727. The van der Waals surface area contributed by atoms with Gasteiger partial charge in [0.2, 0.25) is 0 Å². The molecule has 2 heteroatoms. The Balaban J connectivity index is 2.29. The number of carbonyl (C=O) groups is 2. The lowest BCUT2D eigenvalue weighted by molar-refractivity contribution is -0.123. The predicted molar refractivity (Wildman–Crippen MR) is 99.6 cm³/mol. The monoisotopic (exact) mass is 330 g/mol. The van der Waals surface area contributed by atoms with Crippen molar-refractivity contribution in [2.24, 2.45) is 35.5 Å². The van der Waals surface area contributed by atoms with Crippen LogP contribution in [-0.4, -0.2) is 11.6 Å². The largest absolute Gasteiger partial charge is 0.294 e. The van der Waals surface area contributed by atoms with Crippen molar-refractivity contribution in [2.75, 3.05) is 0 Å². The predicted octanol–water partition coefficient (Wildman–Crippen LogP) is 5.38. The highest BCUT2D eigenvalue weighted by atomic mass is 16.1. The SMILES string of the molecule is CC(C)[C@@H]1CC[C@@H](C)/C(=C\C=C2\C(=O)[C@@H](C(C)C)CC[C@H]2C)C1=O. The maximum Gasteiger partial charge on any atom is 0.162 e. The summed E-state index contributed by atoms with van der Waals surface area (Å²) in [7, 11) is 0. The molecule has 2 fully saturated rings. The molecular weight excluding hydrogens is 296 g/mol. The van der Waals surface area contributed by atoms with Crippen molar-refractivity contribution in [3.63, 3.8) is 0 Å². The number of hydrogen-bond donors (Lipinski definition) is 0. The van der Waals surface area contributed by atoms with Crippen LogP contribution >= 0.6 is 0 Å². The van der Waals surface area contributed by atoms with Crippen LogP contribution < -0.4 is 0 Å². The van der Waals surface area contributed by atoms with Gasteiger partial charge in [-0.2, -0.15) is 0 Å². The molecule has 0 amide bonds. The zero-order valence-corrected chi connectivity index (χ0v) is 16.3. The summed E-state index contributed by atoms with van der Waals surface area (Å²) in [5.74, 6) is 2.29. The van der Waals surface area contributed by atoms with Crippen molar-refractivity contribution >= 4 is 11.6 Å². The zero-order chi connectivity index (χ0) is 18.0. The zero-order valence-electron chi connectivity index (χ0n) is 16.3. The van der Waals surface area contributed by atoms with Crippen molar-refractivity contribution < 1.29 is 9.59 Å². The van der Waals surface area contributed by atoms with E-state index in [0.29, 0.717) is 35.2 Å². The minimum atomic E-state index is 0.147. The number of rotatable bonds is 3. The molecule has 0 unspecified atom stereocenters. The molecule has 24 heavy (non-hydrogen) atoms. The van der Waals surface area contributed by atoms with E-state index in [2.05, 4.69) is 41.5 Å². The van der Waals surface area contributed by atoms with Gasteiger partial charge in [-0.3, -0.25) is 9.59 Å². The fourth-order valence-electron chi connectivity index (χ4n) is 4.29. The summed E-state index contributed by atoms with van der Waals surface area (Å²) in [6, 6.07) is 0. The van der Waals surface area contributed by atoms with Gasteiger partial charge in [0.25, 0.3) is 0 Å². The third kappa shape index (κ3) is 3.90. The van der Waals surface area contributed by atoms with E-state index in [4.69, 9.17) is 0 Å². The van der Waals surface area contributed by atoms with Crippen molar-refractivity contribution in [2.45, 2.75) is 67.2 Å². The molecule has 2 nitrogen and oxygen atoms in total. The van der Waals surface area contributed by atoms with Gasteiger partial charge in [-0.05, 0) is 60.5 Å². The third-order valence-electron chi connectivity index (χ3n) is 6.18. The molecule has 134 valence electrons. The van der Waals surface area contributed by atoms with Crippen molar-refractivity contribution in [3.05, 3.63) is 23.3 Å². The molecule has 0 saturated heterocycles. The quantitative estimate of drug-likeness (QED) is 0.651. The standard InChI is InChI=1S/C22H34O2/c1-13(2)17-9-7-15(5)19(21(17)23)11-12-20-16(6)8-10-18(14(3)4)22(20)24/h11-18H,7-10H2,1-6H3/b19-11+,20-12+/t15-,16-,17-,18+/m1/s1. The van der Waals surface area contributed by atoms with Crippen LogP contribution in [0.4, 0.5) is 0 Å². The fourth-order valence-corrected chi connectivity index (χ4v) is 4.29. The van der Waals surface area contributed by atoms with Crippen LogP contribution in [0.15, 0.2) is 23.3 Å². The topological polar surface area (TPSA) is 34.1 Å². The Hall–Kier alpha value is -1.18. The second-order valence-electron chi connectivity index (χ2n) is 8.63. The average molecular weight is 331 g/mol. The summed E-state index contributed by atoms with van der Waals surface area (Å²) in [6.07, 6.45) is 8.10. The van der Waals surface area contributed by atoms with E-state index in [-0.39, 0.29) is 11.8 Å². The van der Waals surface area contributed by atoms with Gasteiger partial charge in [0.05, 0.1) is 0 Å². The number of ketones is 2. The van der Waals surface area contributed by atoms with Crippen molar-refractivity contribution in [1.29, 1.82) is 0 Å². The molecule has 2 saturated carbocycles. The molecule has 0 aliphatic heterocycles. The molecule has 0 N–H and O–H groups in total. The van der Waals surface area contributed by atoms with Crippen LogP contribution in [0.5, 0.6) is 0 Å². The Morgan fingerprint density at radius 1 is 0.708 bits per heavy atom. The molecule has 0 heterocycles. The van der Waals surface area contributed by atoms with Gasteiger partial charge in [-0.15, -0.1) is 0 Å². The van der Waals surface area contributed by atoms with Crippen molar-refractivity contribution in [3.8, 4) is 0 Å². The minimum Gasteiger partial charge on any atom is -0.294 e. The summed E-state index contributed by atoms with van der Waals surface area (Å²) < 4.78 is 0. The lowest BCUT2D eigenvalue weighted by Gasteiger charge is -2.31. The molecule has 4 atom stereocenters. The Morgan fingerprint density at radius 2 is 1.04 bits per heavy atom. The first-order chi connectivity index (χ1) is 11.2. The van der Waals surface area contributed by atoms with E-state index < -0.39 is 0 Å². The molecule has 2 aliphatic carbocycles. The van der Waals surface area contributed by atoms with E-state index in [1.165, 1.54) is 0 Å². The smallest absolute Gasteiger partial charge is 0.162 e. The molecular formula is C22H34O2. The van der Waals surface area contributed by atoms with Gasteiger partial charge in [-0.1, -0.05) is 53.7 Å². The van der Waals surface area contributed by atoms with Crippen LogP contribution in [0.1, 0.15) is 67.2 Å². The highest BCUT2D eigenvalue weighted by molar-refractivity contribution is 6.01. The summed E-state index contributed by atoms with van der Waals surface area (Å²) in [5, 5.41) is 0. The summed E-state index contributed by atoms with van der Waals surface area (Å²) in [6.45, 7) is 12.8. The van der Waals surface area contributed by atoms with E-state index in [9.17, 15) is 9.59 Å². The van der Waals surface area contributed by atoms with E-state index >= 15 is 0 Å². The molecule has 2 rings (SSSR count). The first-order valence-electron chi connectivity index (χ1n) is 9.74. The van der Waals surface area contributed by atoms with Gasteiger partial charge in [0.1, 0.15) is 0 Å². The molecule has 0 bridgehead atoms. The lowest BCUT2D eigenvalue weighted by atomic mass is 9.72. The maximum atomic E-state index is 12.8. The Bertz CT molecular complexity index is 500. The Labute approximate surface area is 147 Å². The second-order valence-corrected chi connectivity index (χ2v) is 8.63. The van der Waals surface area contributed by atoms with E-state index in [0.717, 1.165) is 36.8 Å². The van der Waals surface area contributed by atoms with E-state index in [1.54, 1.807) is 0 Å². The van der Waals surface area contributed by atoms with Gasteiger partial charge >= 0.3 is 0 Å². The van der Waals surface area contributed by atoms with Gasteiger partial charge < -0.3 is 0 Å². The lowest BCUT2D eigenvalue weighted by Crippen LogP contribution is -2.31. The van der Waals surface area contributed by atoms with Crippen LogP contribution in [0.2, 0.25) is 0 Å². The molecule has 0 radical (unpaired) electrons. The first-order valence-corrected chi connectivity index (χ1v) is 9.74. The first kappa shape index (κ1) is 19.1. The molecule has 0 aromatic heterocycles. The average Bonchev–Trinajstić information content (AvgIpc) is 2.48. The number of hydrogen-bond acceptors (Lipinski definition) is 2. The van der Waals surface area contributed by atoms with Crippen LogP contribution in [0.25, 0.3) is 0 Å². The van der Waals surface area contributed by atoms with Gasteiger partial charge in [0, 0.05) is 11.8 Å². The highest BCUT2D eigenvalue weighted by Crippen LogP contribution is 2.36. The van der Waals surface area contributed by atoms with E-state index in [1.807, 2.05) is 12.2 Å². The second kappa shape index (κ2) is 7.80. The third-order valence-corrected chi connectivity index (χ3v) is 6.18. The molecule has 0 aromatic carbocycles. The summed E-state index contributed by atoms with van der Waals surface area (Å²) in [5.41, 5.74) is 1.86. The summed E-state index contributed by atoms with van der Waals surface area (Å²) in [4.78, 5) is 25.6. The highest BCUT2D eigenvalue weighted by Gasteiger charge is 2.34.